The molecule has 0 radical (unpaired) electrons. The van der Waals surface area contributed by atoms with Gasteiger partial charge < -0.3 is 14.3 Å². The van der Waals surface area contributed by atoms with E-state index in [9.17, 15) is 4.79 Å². The predicted molar refractivity (Wildman–Crippen MR) is 136 cm³/mol. The molecule has 0 N–H and O–H groups in total. The zero-order valence-corrected chi connectivity index (χ0v) is 19.6. The molecule has 170 valence electrons. The van der Waals surface area contributed by atoms with E-state index in [1.54, 1.807) is 14.2 Å². The van der Waals surface area contributed by atoms with Crippen LogP contribution in [0.5, 0.6) is 11.5 Å². The average Bonchev–Trinajstić information content (AvgIpc) is 3.01. The maximum atomic E-state index is 13.9. The number of hydrogen-bond donors (Lipinski definition) is 0. The van der Waals surface area contributed by atoms with Crippen LogP contribution in [0.3, 0.4) is 0 Å². The minimum Gasteiger partial charge on any atom is -0.497 e. The zero-order valence-electron chi connectivity index (χ0n) is 19.6. The Balaban J connectivity index is 2.06. The number of fused-ring (bicyclic) bond motifs is 3. The average molecular weight is 452 g/mol. The normalized spacial score (nSPS) is 11.1. The van der Waals surface area contributed by atoms with Crippen LogP contribution in [-0.2, 0) is 0 Å². The first-order valence-electron chi connectivity index (χ1n) is 11.0. The van der Waals surface area contributed by atoms with Gasteiger partial charge >= 0.3 is 0 Å². The molecule has 5 rings (SSSR count). The van der Waals surface area contributed by atoms with Crippen LogP contribution in [0.25, 0.3) is 44.3 Å². The Kier molecular flexibility index (Phi) is 5.46. The molecule has 0 fully saturated rings. The number of rotatable bonds is 5. The van der Waals surface area contributed by atoms with Crippen LogP contribution in [0.2, 0.25) is 0 Å². The van der Waals surface area contributed by atoms with Crippen molar-refractivity contribution >= 4 is 10.8 Å². The first-order valence-corrected chi connectivity index (χ1v) is 11.0. The summed E-state index contributed by atoms with van der Waals surface area (Å²) >= 11 is 0. The second-order valence-corrected chi connectivity index (χ2v) is 8.08. The van der Waals surface area contributed by atoms with E-state index in [-0.39, 0.29) is 5.56 Å². The molecule has 34 heavy (non-hydrogen) atoms. The number of aromatic nitrogens is 1. The highest BCUT2D eigenvalue weighted by atomic mass is 16.6. The summed E-state index contributed by atoms with van der Waals surface area (Å²) in [7, 11) is 4.79. The van der Waals surface area contributed by atoms with Crippen LogP contribution >= 0.6 is 0 Å². The van der Waals surface area contributed by atoms with Crippen LogP contribution in [0, 0.1) is 6.92 Å². The largest absolute Gasteiger partial charge is 0.497 e. The molecule has 0 saturated carbocycles. The fourth-order valence-electron chi connectivity index (χ4n) is 4.77. The molecule has 0 aliphatic heterocycles. The molecular formula is C29H25NO4. The van der Waals surface area contributed by atoms with E-state index in [1.165, 1.54) is 11.8 Å². The standard InChI is InChI=1S/C29H25NO4/c1-18-23-14-6-5-7-15-24(23)27-25(18)26(19-10-8-12-21(16-19)32-2)28(30(34-4)29(27)31)20-11-9-13-22(17-20)33-3/h5-17H,1-4H3. The monoisotopic (exact) mass is 451 g/mol. The summed E-state index contributed by atoms with van der Waals surface area (Å²) in [6.45, 7) is 2.07. The van der Waals surface area contributed by atoms with E-state index in [2.05, 4.69) is 13.0 Å². The van der Waals surface area contributed by atoms with Crippen molar-refractivity contribution in [1.82, 2.24) is 4.73 Å². The Bertz CT molecular complexity index is 1550. The third-order valence-electron chi connectivity index (χ3n) is 6.31. The van der Waals surface area contributed by atoms with Gasteiger partial charge in [-0.15, -0.1) is 4.73 Å². The molecule has 5 nitrogen and oxygen atoms in total. The van der Waals surface area contributed by atoms with Gasteiger partial charge in [0.15, 0.2) is 0 Å². The number of hydrogen-bond acceptors (Lipinski definition) is 4. The Labute approximate surface area is 198 Å². The van der Waals surface area contributed by atoms with Crippen LogP contribution < -0.4 is 19.9 Å². The molecule has 5 heteroatoms. The van der Waals surface area contributed by atoms with Crippen molar-refractivity contribution in [2.24, 2.45) is 0 Å². The van der Waals surface area contributed by atoms with Crippen LogP contribution in [0.15, 0.2) is 83.7 Å². The number of nitrogens with zero attached hydrogens (tertiary/aromatic N) is 1. The number of benzene rings is 2. The van der Waals surface area contributed by atoms with Crippen molar-refractivity contribution in [3.05, 3.63) is 94.8 Å². The Morgan fingerprint density at radius 2 is 1.29 bits per heavy atom. The summed E-state index contributed by atoms with van der Waals surface area (Å²) in [6.07, 6.45) is 0. The lowest BCUT2D eigenvalue weighted by Crippen LogP contribution is -2.27. The van der Waals surface area contributed by atoms with E-state index in [0.29, 0.717) is 16.8 Å². The minimum atomic E-state index is -0.203. The van der Waals surface area contributed by atoms with Gasteiger partial charge in [0.25, 0.3) is 5.56 Å². The molecule has 0 bridgehead atoms. The molecule has 2 aliphatic rings. The zero-order chi connectivity index (χ0) is 23.8. The maximum absolute atomic E-state index is 13.9. The highest BCUT2D eigenvalue weighted by molar-refractivity contribution is 6.14. The van der Waals surface area contributed by atoms with Gasteiger partial charge in [-0.3, -0.25) is 4.79 Å². The van der Waals surface area contributed by atoms with Crippen molar-refractivity contribution in [3.8, 4) is 45.0 Å². The molecule has 1 heterocycles. The van der Waals surface area contributed by atoms with Gasteiger partial charge in [-0.1, -0.05) is 54.6 Å². The second kappa shape index (κ2) is 8.60. The summed E-state index contributed by atoms with van der Waals surface area (Å²) in [6, 6.07) is 25.5. The van der Waals surface area contributed by atoms with Gasteiger partial charge in [0, 0.05) is 16.5 Å². The van der Waals surface area contributed by atoms with E-state index in [4.69, 9.17) is 14.3 Å². The highest BCUT2D eigenvalue weighted by Gasteiger charge is 2.27. The van der Waals surface area contributed by atoms with Crippen LogP contribution in [0.1, 0.15) is 5.56 Å². The summed E-state index contributed by atoms with van der Waals surface area (Å²) < 4.78 is 12.4. The van der Waals surface area contributed by atoms with Crippen LogP contribution in [0.4, 0.5) is 0 Å². The molecule has 0 atom stereocenters. The quantitative estimate of drug-likeness (QED) is 0.338. The molecule has 0 amide bonds. The Morgan fingerprint density at radius 1 is 0.676 bits per heavy atom. The number of methoxy groups -OCH3 is 2. The van der Waals surface area contributed by atoms with E-state index in [1.807, 2.05) is 72.8 Å². The van der Waals surface area contributed by atoms with Gasteiger partial charge in [-0.25, -0.2) is 0 Å². The van der Waals surface area contributed by atoms with E-state index < -0.39 is 0 Å². The molecular weight excluding hydrogens is 426 g/mol. The van der Waals surface area contributed by atoms with Crippen molar-refractivity contribution in [2.75, 3.05) is 21.3 Å². The third-order valence-corrected chi connectivity index (χ3v) is 6.31. The second-order valence-electron chi connectivity index (χ2n) is 8.08. The number of ether oxygens (including phenoxy) is 2. The van der Waals surface area contributed by atoms with Crippen LogP contribution in [-0.4, -0.2) is 26.1 Å². The molecule has 0 spiro atoms. The van der Waals surface area contributed by atoms with Crippen molar-refractivity contribution in [2.45, 2.75) is 6.92 Å². The summed E-state index contributed by atoms with van der Waals surface area (Å²) in [5, 5.41) is 1.54. The number of aryl methyl sites for hydroxylation is 1. The smallest absolute Gasteiger partial charge is 0.292 e. The van der Waals surface area contributed by atoms with Gasteiger partial charge in [-0.2, -0.15) is 0 Å². The SMILES string of the molecule is COc1cccc(-c2c(-c3cccc(OC)c3)n(OC)c(=O)c3c4cccccc-4c(C)c23)c1. The number of pyridine rings is 1. The minimum absolute atomic E-state index is 0.203. The third kappa shape index (κ3) is 3.28. The summed E-state index contributed by atoms with van der Waals surface area (Å²) in [4.78, 5) is 19.7. The summed E-state index contributed by atoms with van der Waals surface area (Å²) in [5.74, 6) is 1.43. The lowest BCUT2D eigenvalue weighted by Gasteiger charge is -2.19. The fraction of sp³-hybridized carbons (Fsp3) is 0.138. The molecule has 2 aliphatic carbocycles. The lowest BCUT2D eigenvalue weighted by molar-refractivity contribution is 0.163. The first-order chi connectivity index (χ1) is 16.6. The summed E-state index contributed by atoms with van der Waals surface area (Å²) in [5.41, 5.74) is 6.08. The molecule has 3 aromatic rings. The molecule has 0 unspecified atom stereocenters. The van der Waals surface area contributed by atoms with Gasteiger partial charge in [-0.05, 0) is 53.4 Å². The Morgan fingerprint density at radius 3 is 1.94 bits per heavy atom. The Hall–Kier alpha value is -4.25. The molecule has 2 aromatic carbocycles. The maximum Gasteiger partial charge on any atom is 0.292 e. The van der Waals surface area contributed by atoms with E-state index in [0.717, 1.165) is 44.5 Å². The van der Waals surface area contributed by atoms with Crippen molar-refractivity contribution in [1.29, 1.82) is 0 Å². The first kappa shape index (κ1) is 21.6. The molecule has 0 saturated heterocycles. The van der Waals surface area contributed by atoms with Gasteiger partial charge in [0.2, 0.25) is 0 Å². The van der Waals surface area contributed by atoms with Gasteiger partial charge in [0.05, 0.1) is 25.3 Å². The fourth-order valence-corrected chi connectivity index (χ4v) is 4.77. The lowest BCUT2D eigenvalue weighted by atomic mass is 9.94. The van der Waals surface area contributed by atoms with Crippen molar-refractivity contribution < 1.29 is 14.3 Å². The van der Waals surface area contributed by atoms with Gasteiger partial charge in [0.1, 0.15) is 18.6 Å². The highest BCUT2D eigenvalue weighted by Crippen LogP contribution is 2.45. The topological polar surface area (TPSA) is 49.7 Å². The molecule has 1 aromatic heterocycles. The van der Waals surface area contributed by atoms with Crippen molar-refractivity contribution in [3.63, 3.8) is 0 Å². The van der Waals surface area contributed by atoms with E-state index >= 15 is 0 Å². The predicted octanol–water partition coefficient (Wildman–Crippen LogP) is 5.82.